The number of aromatic nitrogens is 1. The third-order valence-electron chi connectivity index (χ3n) is 4.23. The molecule has 2 heteroatoms. The summed E-state index contributed by atoms with van der Waals surface area (Å²) in [5.74, 6) is 1.26. The summed E-state index contributed by atoms with van der Waals surface area (Å²) in [7, 11) is 0. The first-order chi connectivity index (χ1) is 10.0. The van der Waals surface area contributed by atoms with Gasteiger partial charge in [-0.15, -0.1) is 11.3 Å². The topological polar surface area (TPSA) is 12.9 Å². The van der Waals surface area contributed by atoms with Crippen LogP contribution in [0.1, 0.15) is 37.8 Å². The van der Waals surface area contributed by atoms with Crippen LogP contribution in [0.25, 0.3) is 20.8 Å². The lowest BCUT2D eigenvalue weighted by Gasteiger charge is -2.15. The van der Waals surface area contributed by atoms with Gasteiger partial charge in [0.2, 0.25) is 0 Å². The molecule has 3 aromatic rings. The molecule has 108 valence electrons. The van der Waals surface area contributed by atoms with Crippen LogP contribution in [0.3, 0.4) is 0 Å². The first-order valence-electron chi connectivity index (χ1n) is 7.52. The minimum absolute atomic E-state index is 0.595. The molecule has 21 heavy (non-hydrogen) atoms. The lowest BCUT2D eigenvalue weighted by Crippen LogP contribution is -2.01. The fraction of sp³-hybridized carbons (Fsp3) is 0.316. The second-order valence-corrected chi connectivity index (χ2v) is 7.18. The molecule has 0 aliphatic carbocycles. The van der Waals surface area contributed by atoms with Crippen molar-refractivity contribution in [3.63, 3.8) is 0 Å². The van der Waals surface area contributed by atoms with Crippen molar-refractivity contribution in [1.82, 2.24) is 4.98 Å². The van der Waals surface area contributed by atoms with Gasteiger partial charge in [-0.05, 0) is 42.0 Å². The Balaban J connectivity index is 1.95. The predicted molar refractivity (Wildman–Crippen MR) is 93.0 cm³/mol. The maximum atomic E-state index is 4.75. The van der Waals surface area contributed by atoms with Gasteiger partial charge in [0.25, 0.3) is 0 Å². The Labute approximate surface area is 130 Å². The number of hydrogen-bond acceptors (Lipinski definition) is 2. The number of thiazole rings is 1. The van der Waals surface area contributed by atoms with E-state index < -0.39 is 0 Å². The molecule has 0 bridgehead atoms. The van der Waals surface area contributed by atoms with Crippen molar-refractivity contribution >= 4 is 21.6 Å². The summed E-state index contributed by atoms with van der Waals surface area (Å²) in [5.41, 5.74) is 5.01. The van der Waals surface area contributed by atoms with Gasteiger partial charge in [0.05, 0.1) is 10.2 Å². The molecule has 0 N–H and O–H groups in total. The van der Waals surface area contributed by atoms with Crippen LogP contribution in [0.4, 0.5) is 0 Å². The quantitative estimate of drug-likeness (QED) is 0.574. The third-order valence-corrected chi connectivity index (χ3v) is 5.29. The van der Waals surface area contributed by atoms with Crippen LogP contribution < -0.4 is 0 Å². The first kappa shape index (κ1) is 14.3. The molecular formula is C19H21NS. The summed E-state index contributed by atoms with van der Waals surface area (Å²) in [6.45, 7) is 8.96. The monoisotopic (exact) mass is 295 g/mol. The molecule has 0 fully saturated rings. The van der Waals surface area contributed by atoms with E-state index in [1.165, 1.54) is 21.4 Å². The minimum Gasteiger partial charge on any atom is -0.236 e. The molecule has 0 amide bonds. The molecule has 1 aromatic heterocycles. The van der Waals surface area contributed by atoms with Crippen molar-refractivity contribution in [2.45, 2.75) is 33.6 Å². The fourth-order valence-corrected chi connectivity index (χ4v) is 3.54. The van der Waals surface area contributed by atoms with Crippen LogP contribution in [0.15, 0.2) is 42.5 Å². The first-order valence-corrected chi connectivity index (χ1v) is 8.34. The Bertz CT molecular complexity index is 753. The van der Waals surface area contributed by atoms with Gasteiger partial charge in [-0.25, -0.2) is 4.98 Å². The average molecular weight is 295 g/mol. The molecule has 0 aliphatic heterocycles. The molecule has 1 heterocycles. The van der Waals surface area contributed by atoms with Gasteiger partial charge in [0, 0.05) is 5.56 Å². The van der Waals surface area contributed by atoms with Crippen LogP contribution in [0, 0.1) is 12.8 Å². The normalized spacial score (nSPS) is 13.0. The maximum Gasteiger partial charge on any atom is 0.124 e. The van der Waals surface area contributed by atoms with E-state index >= 15 is 0 Å². The standard InChI is InChI=1S/C19H21NS/c1-12(2)14(4)15-6-8-16(9-7-15)19-20-17-10-5-13(3)11-18(17)21-19/h5-12,14H,1-4H3/t14-/m1/s1. The average Bonchev–Trinajstić information content (AvgIpc) is 2.89. The number of hydrogen-bond donors (Lipinski definition) is 0. The lowest BCUT2D eigenvalue weighted by molar-refractivity contribution is 0.535. The molecule has 0 saturated heterocycles. The Morgan fingerprint density at radius 2 is 1.67 bits per heavy atom. The van der Waals surface area contributed by atoms with Crippen LogP contribution in [0.5, 0.6) is 0 Å². The van der Waals surface area contributed by atoms with Crippen LogP contribution in [-0.2, 0) is 0 Å². The Hall–Kier alpha value is -1.67. The van der Waals surface area contributed by atoms with E-state index in [0.717, 1.165) is 10.5 Å². The highest BCUT2D eigenvalue weighted by molar-refractivity contribution is 7.21. The number of aryl methyl sites for hydroxylation is 1. The predicted octanol–water partition coefficient (Wildman–Crippen LogP) is 6.03. The Morgan fingerprint density at radius 3 is 2.33 bits per heavy atom. The summed E-state index contributed by atoms with van der Waals surface area (Å²) in [6, 6.07) is 15.4. The van der Waals surface area contributed by atoms with Crippen molar-refractivity contribution in [2.75, 3.05) is 0 Å². The van der Waals surface area contributed by atoms with Crippen molar-refractivity contribution in [3.8, 4) is 10.6 Å². The van der Waals surface area contributed by atoms with Crippen molar-refractivity contribution in [1.29, 1.82) is 0 Å². The highest BCUT2D eigenvalue weighted by Crippen LogP contribution is 2.32. The molecule has 0 saturated carbocycles. The summed E-state index contributed by atoms with van der Waals surface area (Å²) in [5, 5.41) is 1.11. The van der Waals surface area contributed by atoms with Gasteiger partial charge < -0.3 is 0 Å². The summed E-state index contributed by atoms with van der Waals surface area (Å²) < 4.78 is 1.27. The van der Waals surface area contributed by atoms with Crippen molar-refractivity contribution in [2.24, 2.45) is 5.92 Å². The van der Waals surface area contributed by atoms with E-state index in [4.69, 9.17) is 4.98 Å². The van der Waals surface area contributed by atoms with E-state index in [-0.39, 0.29) is 0 Å². The van der Waals surface area contributed by atoms with Crippen molar-refractivity contribution in [3.05, 3.63) is 53.6 Å². The fourth-order valence-electron chi connectivity index (χ4n) is 2.47. The molecule has 0 spiro atoms. The van der Waals surface area contributed by atoms with E-state index in [9.17, 15) is 0 Å². The molecular weight excluding hydrogens is 274 g/mol. The molecule has 0 radical (unpaired) electrons. The van der Waals surface area contributed by atoms with E-state index in [1.807, 2.05) is 0 Å². The van der Waals surface area contributed by atoms with Gasteiger partial charge in [-0.2, -0.15) is 0 Å². The zero-order valence-electron chi connectivity index (χ0n) is 13.1. The second-order valence-electron chi connectivity index (χ2n) is 6.14. The third kappa shape index (κ3) is 2.86. The van der Waals surface area contributed by atoms with Gasteiger partial charge >= 0.3 is 0 Å². The smallest absolute Gasteiger partial charge is 0.124 e. The minimum atomic E-state index is 0.595. The van der Waals surface area contributed by atoms with Crippen LogP contribution in [0.2, 0.25) is 0 Å². The van der Waals surface area contributed by atoms with Crippen LogP contribution >= 0.6 is 11.3 Å². The van der Waals surface area contributed by atoms with E-state index in [0.29, 0.717) is 11.8 Å². The highest BCUT2D eigenvalue weighted by Gasteiger charge is 2.11. The zero-order chi connectivity index (χ0) is 15.0. The van der Waals surface area contributed by atoms with Gasteiger partial charge in [0.1, 0.15) is 5.01 Å². The molecule has 2 aromatic carbocycles. The van der Waals surface area contributed by atoms with Crippen molar-refractivity contribution < 1.29 is 0 Å². The molecule has 3 rings (SSSR count). The second kappa shape index (κ2) is 5.61. The molecule has 1 nitrogen and oxygen atoms in total. The van der Waals surface area contributed by atoms with Gasteiger partial charge in [-0.1, -0.05) is 51.1 Å². The molecule has 0 aliphatic rings. The number of rotatable bonds is 3. The summed E-state index contributed by atoms with van der Waals surface area (Å²) >= 11 is 1.77. The zero-order valence-corrected chi connectivity index (χ0v) is 13.9. The van der Waals surface area contributed by atoms with Gasteiger partial charge in [0.15, 0.2) is 0 Å². The summed E-state index contributed by atoms with van der Waals surface area (Å²) in [6.07, 6.45) is 0. The molecule has 1 atom stereocenters. The SMILES string of the molecule is Cc1ccc2nc(-c3ccc([C@H](C)C(C)C)cc3)sc2c1. The molecule has 0 unspecified atom stereocenters. The Kier molecular flexibility index (Phi) is 3.81. The highest BCUT2D eigenvalue weighted by atomic mass is 32.1. The maximum absolute atomic E-state index is 4.75. The number of benzene rings is 2. The van der Waals surface area contributed by atoms with Crippen LogP contribution in [-0.4, -0.2) is 4.98 Å². The number of nitrogens with zero attached hydrogens (tertiary/aromatic N) is 1. The lowest BCUT2D eigenvalue weighted by atomic mass is 9.90. The summed E-state index contributed by atoms with van der Waals surface area (Å²) in [4.78, 5) is 4.75. The van der Waals surface area contributed by atoms with E-state index in [2.05, 4.69) is 70.2 Å². The van der Waals surface area contributed by atoms with E-state index in [1.54, 1.807) is 11.3 Å². The number of fused-ring (bicyclic) bond motifs is 1. The Morgan fingerprint density at radius 1 is 0.952 bits per heavy atom. The largest absolute Gasteiger partial charge is 0.236 e. The van der Waals surface area contributed by atoms with Gasteiger partial charge in [-0.3, -0.25) is 0 Å².